The third-order valence-electron chi connectivity index (χ3n) is 5.05. The van der Waals surface area contributed by atoms with Crippen molar-refractivity contribution in [3.63, 3.8) is 0 Å². The van der Waals surface area contributed by atoms with Gasteiger partial charge in [0.2, 0.25) is 0 Å². The molecule has 1 saturated heterocycles. The van der Waals surface area contributed by atoms with Crippen molar-refractivity contribution in [2.75, 3.05) is 53.0 Å². The zero-order chi connectivity index (χ0) is 19.1. The molecule has 7 nitrogen and oxygen atoms in total. The van der Waals surface area contributed by atoms with Crippen LogP contribution in [0.3, 0.4) is 0 Å². The quantitative estimate of drug-likeness (QED) is 0.351. The standard InChI is InChI=1S/C20H32N4O3.HI/c1-15(2)17(24-8-10-25-11-9-24)13-23-20(21-3)22-12-16-14-26-18-6-4-5-7-19(18)27-16;/h4-7,15-17H,8-14H2,1-3H3,(H2,21,22,23);1H. The molecule has 158 valence electrons. The van der Waals surface area contributed by atoms with Crippen molar-refractivity contribution in [2.24, 2.45) is 10.9 Å². The van der Waals surface area contributed by atoms with E-state index in [1.807, 2.05) is 24.3 Å². The van der Waals surface area contributed by atoms with Crippen LogP contribution in [0.4, 0.5) is 0 Å². The molecule has 1 fully saturated rings. The molecule has 2 aliphatic heterocycles. The topological polar surface area (TPSA) is 67.4 Å². The van der Waals surface area contributed by atoms with E-state index in [0.717, 1.165) is 50.3 Å². The van der Waals surface area contributed by atoms with Crippen LogP contribution in [0.5, 0.6) is 11.5 Å². The average Bonchev–Trinajstić information content (AvgIpc) is 2.71. The second-order valence-corrected chi connectivity index (χ2v) is 7.29. The third-order valence-corrected chi connectivity index (χ3v) is 5.05. The largest absolute Gasteiger partial charge is 0.486 e. The highest BCUT2D eigenvalue weighted by molar-refractivity contribution is 14.0. The number of guanidine groups is 1. The van der Waals surface area contributed by atoms with Crippen molar-refractivity contribution in [2.45, 2.75) is 26.0 Å². The number of nitrogens with one attached hydrogen (secondary N) is 2. The highest BCUT2D eigenvalue weighted by Gasteiger charge is 2.24. The number of ether oxygens (including phenoxy) is 3. The van der Waals surface area contributed by atoms with Gasteiger partial charge in [-0.25, -0.2) is 0 Å². The van der Waals surface area contributed by atoms with Crippen LogP contribution in [-0.2, 0) is 4.74 Å². The molecule has 0 spiro atoms. The molecule has 2 N–H and O–H groups in total. The van der Waals surface area contributed by atoms with E-state index in [2.05, 4.69) is 34.4 Å². The molecule has 2 atom stereocenters. The molecule has 0 bridgehead atoms. The molecule has 0 amide bonds. The predicted octanol–water partition coefficient (Wildman–Crippen LogP) is 1.97. The van der Waals surface area contributed by atoms with E-state index in [1.54, 1.807) is 7.05 Å². The van der Waals surface area contributed by atoms with Crippen LogP contribution in [0.15, 0.2) is 29.3 Å². The molecule has 0 radical (unpaired) electrons. The van der Waals surface area contributed by atoms with Crippen molar-refractivity contribution >= 4 is 29.9 Å². The van der Waals surface area contributed by atoms with E-state index >= 15 is 0 Å². The first-order chi connectivity index (χ1) is 13.2. The molecule has 2 aliphatic rings. The molecular formula is C20H33IN4O3. The minimum atomic E-state index is -0.0430. The van der Waals surface area contributed by atoms with Crippen LogP contribution >= 0.6 is 24.0 Å². The number of benzene rings is 1. The van der Waals surface area contributed by atoms with E-state index in [4.69, 9.17) is 14.2 Å². The lowest BCUT2D eigenvalue weighted by Crippen LogP contribution is -2.53. The smallest absolute Gasteiger partial charge is 0.191 e. The molecule has 1 aromatic carbocycles. The fourth-order valence-corrected chi connectivity index (χ4v) is 3.49. The maximum Gasteiger partial charge on any atom is 0.191 e. The maximum absolute atomic E-state index is 5.99. The van der Waals surface area contributed by atoms with Crippen LogP contribution in [0.1, 0.15) is 13.8 Å². The Hall–Kier alpha value is -1.26. The van der Waals surface area contributed by atoms with Gasteiger partial charge in [0.25, 0.3) is 0 Å². The van der Waals surface area contributed by atoms with Crippen LogP contribution in [0.2, 0.25) is 0 Å². The molecule has 2 heterocycles. The van der Waals surface area contributed by atoms with Gasteiger partial charge in [-0.3, -0.25) is 9.89 Å². The first kappa shape index (κ1) is 23.0. The van der Waals surface area contributed by atoms with Crippen LogP contribution in [0, 0.1) is 5.92 Å². The molecular weight excluding hydrogens is 471 g/mol. The molecule has 0 aliphatic carbocycles. The van der Waals surface area contributed by atoms with Crippen LogP contribution < -0.4 is 20.1 Å². The van der Waals surface area contributed by atoms with Gasteiger partial charge in [-0.2, -0.15) is 0 Å². The van der Waals surface area contributed by atoms with E-state index in [9.17, 15) is 0 Å². The van der Waals surface area contributed by atoms with Gasteiger partial charge in [-0.05, 0) is 18.1 Å². The summed E-state index contributed by atoms with van der Waals surface area (Å²) in [7, 11) is 1.79. The monoisotopic (exact) mass is 504 g/mol. The van der Waals surface area contributed by atoms with E-state index in [0.29, 0.717) is 25.1 Å². The molecule has 0 aromatic heterocycles. The molecule has 1 aromatic rings. The normalized spacial score (nSPS) is 21.0. The minimum Gasteiger partial charge on any atom is -0.486 e. The highest BCUT2D eigenvalue weighted by Crippen LogP contribution is 2.30. The Balaban J connectivity index is 0.00000280. The zero-order valence-electron chi connectivity index (χ0n) is 17.0. The Kier molecular flexibility index (Phi) is 9.60. The maximum atomic E-state index is 5.99. The Morgan fingerprint density at radius 2 is 1.89 bits per heavy atom. The predicted molar refractivity (Wildman–Crippen MR) is 122 cm³/mol. The number of halogens is 1. The summed E-state index contributed by atoms with van der Waals surface area (Å²) >= 11 is 0. The van der Waals surface area contributed by atoms with Gasteiger partial charge >= 0.3 is 0 Å². The van der Waals surface area contributed by atoms with Gasteiger partial charge in [0, 0.05) is 32.7 Å². The molecule has 2 unspecified atom stereocenters. The van der Waals surface area contributed by atoms with Crippen molar-refractivity contribution in [3.05, 3.63) is 24.3 Å². The molecule has 28 heavy (non-hydrogen) atoms. The highest BCUT2D eigenvalue weighted by atomic mass is 127. The van der Waals surface area contributed by atoms with E-state index in [1.165, 1.54) is 0 Å². The summed E-state index contributed by atoms with van der Waals surface area (Å²) in [6.07, 6.45) is -0.0430. The van der Waals surface area contributed by atoms with E-state index in [-0.39, 0.29) is 30.1 Å². The second-order valence-electron chi connectivity index (χ2n) is 7.29. The number of aliphatic imine (C=N–C) groups is 1. The Morgan fingerprint density at radius 3 is 2.57 bits per heavy atom. The fraction of sp³-hybridized carbons (Fsp3) is 0.650. The summed E-state index contributed by atoms with van der Waals surface area (Å²) in [5, 5.41) is 6.82. The van der Waals surface area contributed by atoms with Gasteiger partial charge in [-0.15, -0.1) is 24.0 Å². The van der Waals surface area contributed by atoms with Gasteiger partial charge in [0.1, 0.15) is 12.7 Å². The number of fused-ring (bicyclic) bond motifs is 1. The summed E-state index contributed by atoms with van der Waals surface area (Å²) in [5.74, 6) is 2.95. The first-order valence-electron chi connectivity index (χ1n) is 9.82. The average molecular weight is 504 g/mol. The summed E-state index contributed by atoms with van der Waals surface area (Å²) in [4.78, 5) is 6.85. The summed E-state index contributed by atoms with van der Waals surface area (Å²) < 4.78 is 17.2. The number of hydrogen-bond donors (Lipinski definition) is 2. The van der Waals surface area contributed by atoms with Crippen molar-refractivity contribution < 1.29 is 14.2 Å². The number of nitrogens with zero attached hydrogens (tertiary/aromatic N) is 2. The summed E-state index contributed by atoms with van der Waals surface area (Å²) in [5.41, 5.74) is 0. The van der Waals surface area contributed by atoms with Crippen LogP contribution in [0.25, 0.3) is 0 Å². The SMILES string of the molecule is CN=C(NCC1COc2ccccc2O1)NCC(C(C)C)N1CCOCC1.I. The van der Waals surface area contributed by atoms with E-state index < -0.39 is 0 Å². The Labute approximate surface area is 185 Å². The minimum absolute atomic E-state index is 0. The second kappa shape index (κ2) is 11.7. The number of rotatable bonds is 6. The number of para-hydroxylation sites is 2. The molecule has 3 rings (SSSR count). The summed E-state index contributed by atoms with van der Waals surface area (Å²) in [6, 6.07) is 8.22. The lowest BCUT2D eigenvalue weighted by atomic mass is 10.0. The van der Waals surface area contributed by atoms with Gasteiger partial charge in [-0.1, -0.05) is 26.0 Å². The number of hydrogen-bond acceptors (Lipinski definition) is 5. The van der Waals surface area contributed by atoms with Crippen molar-refractivity contribution in [1.29, 1.82) is 0 Å². The molecule has 0 saturated carbocycles. The van der Waals surface area contributed by atoms with Crippen LogP contribution in [-0.4, -0.2) is 76.1 Å². The Bertz CT molecular complexity index is 623. The molecule has 8 heteroatoms. The fourth-order valence-electron chi connectivity index (χ4n) is 3.49. The number of morpholine rings is 1. The third kappa shape index (κ3) is 6.38. The lowest BCUT2D eigenvalue weighted by Gasteiger charge is -2.37. The van der Waals surface area contributed by atoms with Crippen molar-refractivity contribution in [1.82, 2.24) is 15.5 Å². The first-order valence-corrected chi connectivity index (χ1v) is 9.82. The summed E-state index contributed by atoms with van der Waals surface area (Å²) in [6.45, 7) is 10.2. The van der Waals surface area contributed by atoms with Gasteiger partial charge < -0.3 is 24.8 Å². The van der Waals surface area contributed by atoms with Crippen molar-refractivity contribution in [3.8, 4) is 11.5 Å². The Morgan fingerprint density at radius 1 is 1.18 bits per heavy atom. The lowest BCUT2D eigenvalue weighted by molar-refractivity contribution is 0.00750. The zero-order valence-corrected chi connectivity index (χ0v) is 19.3. The van der Waals surface area contributed by atoms with Gasteiger partial charge in [0.15, 0.2) is 17.5 Å². The van der Waals surface area contributed by atoms with Gasteiger partial charge in [0.05, 0.1) is 19.8 Å².